The number of hydrogen-bond donors (Lipinski definition) is 2. The largest absolute Gasteiger partial charge is 0.420 e. The van der Waals surface area contributed by atoms with Crippen LogP contribution in [0.4, 0.5) is 19.0 Å². The summed E-state index contributed by atoms with van der Waals surface area (Å²) in [6.45, 7) is 8.69. The van der Waals surface area contributed by atoms with Crippen LogP contribution in [0.25, 0.3) is 0 Å². The lowest BCUT2D eigenvalue weighted by Gasteiger charge is -2.31. The van der Waals surface area contributed by atoms with Gasteiger partial charge in [0.15, 0.2) is 5.69 Å². The summed E-state index contributed by atoms with van der Waals surface area (Å²) >= 11 is 6.20. The van der Waals surface area contributed by atoms with Crippen molar-refractivity contribution in [2.45, 2.75) is 64.7 Å². The van der Waals surface area contributed by atoms with Gasteiger partial charge in [-0.3, -0.25) is 9.48 Å². The molecule has 0 saturated carbocycles. The van der Waals surface area contributed by atoms with Gasteiger partial charge in [0.25, 0.3) is 5.91 Å². The number of nitrogens with zero attached hydrogens (tertiary/aromatic N) is 3. The summed E-state index contributed by atoms with van der Waals surface area (Å²) in [4.78, 5) is 16.7. The maximum absolute atomic E-state index is 13.6. The molecule has 160 valence electrons. The Morgan fingerprint density at radius 3 is 2.48 bits per heavy atom. The first-order chi connectivity index (χ1) is 13.3. The van der Waals surface area contributed by atoms with Crippen LogP contribution in [0.15, 0.2) is 12.3 Å². The number of anilines is 1. The molecule has 2 atom stereocenters. The fourth-order valence-electron chi connectivity index (χ4n) is 3.04. The molecule has 0 aliphatic rings. The molecule has 2 rings (SSSR count). The SMILES string of the molecule is CC[C@](C)(C(C)Cl)n1cc(C(F)(F)F)c(C(=O)NCc2c(C)cc(N)nc2C)n1. The van der Waals surface area contributed by atoms with Gasteiger partial charge >= 0.3 is 6.18 Å². The summed E-state index contributed by atoms with van der Waals surface area (Å²) in [7, 11) is 0. The molecular weight excluding hydrogens is 407 g/mol. The van der Waals surface area contributed by atoms with Gasteiger partial charge in [-0.2, -0.15) is 18.3 Å². The second-order valence-corrected chi connectivity index (χ2v) is 7.93. The van der Waals surface area contributed by atoms with Crippen molar-refractivity contribution in [1.82, 2.24) is 20.1 Å². The number of nitrogens with one attached hydrogen (secondary N) is 1. The molecule has 0 aliphatic carbocycles. The minimum Gasteiger partial charge on any atom is -0.384 e. The minimum absolute atomic E-state index is 0.00485. The highest BCUT2D eigenvalue weighted by atomic mass is 35.5. The number of nitrogens with two attached hydrogens (primary N) is 1. The van der Waals surface area contributed by atoms with E-state index in [9.17, 15) is 18.0 Å². The average molecular weight is 432 g/mol. The lowest BCUT2D eigenvalue weighted by molar-refractivity contribution is -0.138. The lowest BCUT2D eigenvalue weighted by Crippen LogP contribution is -2.38. The molecule has 0 radical (unpaired) electrons. The number of nitrogen functional groups attached to an aromatic ring is 1. The molecular formula is C19H25ClF3N5O. The molecule has 0 aromatic carbocycles. The average Bonchev–Trinajstić information content (AvgIpc) is 3.06. The number of carbonyl (C=O) groups excluding carboxylic acids is 1. The van der Waals surface area contributed by atoms with Crippen LogP contribution in [0.1, 0.15) is 60.1 Å². The van der Waals surface area contributed by atoms with Gasteiger partial charge in [-0.1, -0.05) is 6.92 Å². The van der Waals surface area contributed by atoms with Crippen LogP contribution in [0.3, 0.4) is 0 Å². The monoisotopic (exact) mass is 431 g/mol. The Balaban J connectivity index is 2.39. The van der Waals surface area contributed by atoms with E-state index >= 15 is 0 Å². The molecule has 0 spiro atoms. The first kappa shape index (κ1) is 23.0. The molecule has 0 fully saturated rings. The van der Waals surface area contributed by atoms with E-state index in [1.165, 1.54) is 0 Å². The maximum atomic E-state index is 13.6. The smallest absolute Gasteiger partial charge is 0.384 e. The van der Waals surface area contributed by atoms with E-state index in [-0.39, 0.29) is 6.54 Å². The predicted octanol–water partition coefficient (Wildman–Crippen LogP) is 4.18. The molecule has 6 nitrogen and oxygen atoms in total. The molecule has 10 heteroatoms. The molecule has 1 amide bonds. The predicted molar refractivity (Wildman–Crippen MR) is 106 cm³/mol. The van der Waals surface area contributed by atoms with Gasteiger partial charge in [-0.05, 0) is 51.3 Å². The fourth-order valence-corrected chi connectivity index (χ4v) is 3.30. The molecule has 0 bridgehead atoms. The quantitative estimate of drug-likeness (QED) is 0.672. The summed E-state index contributed by atoms with van der Waals surface area (Å²) in [5.74, 6) is -0.588. The van der Waals surface area contributed by atoms with Crippen molar-refractivity contribution in [3.05, 3.63) is 40.3 Å². The molecule has 0 aliphatic heterocycles. The summed E-state index contributed by atoms with van der Waals surface area (Å²) in [5, 5.41) is 5.98. The Morgan fingerprint density at radius 1 is 1.38 bits per heavy atom. The third kappa shape index (κ3) is 4.66. The highest BCUT2D eigenvalue weighted by Gasteiger charge is 2.41. The van der Waals surface area contributed by atoms with Gasteiger partial charge in [0.2, 0.25) is 0 Å². The number of aryl methyl sites for hydroxylation is 2. The molecule has 0 saturated heterocycles. The van der Waals surface area contributed by atoms with E-state index in [4.69, 9.17) is 17.3 Å². The number of halogens is 4. The molecule has 29 heavy (non-hydrogen) atoms. The van der Waals surface area contributed by atoms with Crippen molar-refractivity contribution < 1.29 is 18.0 Å². The Kier molecular flexibility index (Phi) is 6.51. The number of amides is 1. The fraction of sp³-hybridized carbons (Fsp3) is 0.526. The van der Waals surface area contributed by atoms with E-state index < -0.39 is 34.3 Å². The number of pyridine rings is 1. The Bertz CT molecular complexity index is 887. The van der Waals surface area contributed by atoms with Crippen molar-refractivity contribution in [3.8, 4) is 0 Å². The number of aromatic nitrogens is 3. The normalized spacial score (nSPS) is 15.1. The second kappa shape index (κ2) is 8.22. The van der Waals surface area contributed by atoms with Crippen LogP contribution >= 0.6 is 11.6 Å². The number of alkyl halides is 4. The molecule has 2 heterocycles. The zero-order valence-corrected chi connectivity index (χ0v) is 17.7. The topological polar surface area (TPSA) is 85.8 Å². The van der Waals surface area contributed by atoms with Crippen molar-refractivity contribution in [2.75, 3.05) is 5.73 Å². The second-order valence-electron chi connectivity index (χ2n) is 7.27. The highest BCUT2D eigenvalue weighted by Crippen LogP contribution is 2.35. The highest BCUT2D eigenvalue weighted by molar-refractivity contribution is 6.21. The van der Waals surface area contributed by atoms with Gasteiger partial charge in [0, 0.05) is 18.4 Å². The van der Waals surface area contributed by atoms with E-state index in [2.05, 4.69) is 15.4 Å². The van der Waals surface area contributed by atoms with E-state index in [1.807, 2.05) is 0 Å². The maximum Gasteiger partial charge on any atom is 0.420 e. The number of rotatable bonds is 6. The van der Waals surface area contributed by atoms with E-state index in [0.717, 1.165) is 16.4 Å². The summed E-state index contributed by atoms with van der Waals surface area (Å²) < 4.78 is 41.8. The van der Waals surface area contributed by atoms with Gasteiger partial charge in [0.05, 0.1) is 10.9 Å². The first-order valence-corrected chi connectivity index (χ1v) is 9.57. The third-order valence-corrected chi connectivity index (χ3v) is 5.80. The molecule has 3 N–H and O–H groups in total. The van der Waals surface area contributed by atoms with Crippen molar-refractivity contribution >= 4 is 23.3 Å². The zero-order chi connectivity index (χ0) is 22.1. The van der Waals surface area contributed by atoms with Crippen LogP contribution in [-0.2, 0) is 18.3 Å². The third-order valence-electron chi connectivity index (χ3n) is 5.33. The van der Waals surface area contributed by atoms with Gasteiger partial charge < -0.3 is 11.1 Å². The summed E-state index contributed by atoms with van der Waals surface area (Å²) in [6, 6.07) is 1.64. The molecule has 2 aromatic heterocycles. The molecule has 2 aromatic rings. The van der Waals surface area contributed by atoms with Gasteiger partial charge in [-0.25, -0.2) is 4.98 Å². The van der Waals surface area contributed by atoms with E-state index in [1.54, 1.807) is 40.7 Å². The van der Waals surface area contributed by atoms with Crippen LogP contribution in [0.5, 0.6) is 0 Å². The van der Waals surface area contributed by atoms with Crippen LogP contribution < -0.4 is 11.1 Å². The van der Waals surface area contributed by atoms with Crippen molar-refractivity contribution in [2.24, 2.45) is 0 Å². The van der Waals surface area contributed by atoms with Gasteiger partial charge in [-0.15, -0.1) is 11.6 Å². The zero-order valence-electron chi connectivity index (χ0n) is 17.0. The molecule has 1 unspecified atom stereocenters. The standard InChI is InChI=1S/C19H25ClF3N5O/c1-6-18(5,12(4)20)28-9-14(19(21,22)23)16(27-28)17(29)25-8-13-10(2)7-15(24)26-11(13)3/h7,9,12H,6,8H2,1-5H3,(H2,24,26)(H,25,29)/t12?,18-/m1/s1. The minimum atomic E-state index is -4.73. The van der Waals surface area contributed by atoms with Crippen LogP contribution in [0.2, 0.25) is 0 Å². The summed E-state index contributed by atoms with van der Waals surface area (Å²) in [5.41, 5.74) is 5.08. The Hall–Kier alpha value is -2.29. The number of carbonyl (C=O) groups is 1. The van der Waals surface area contributed by atoms with E-state index in [0.29, 0.717) is 23.5 Å². The van der Waals surface area contributed by atoms with Crippen molar-refractivity contribution in [3.63, 3.8) is 0 Å². The first-order valence-electron chi connectivity index (χ1n) is 9.13. The van der Waals surface area contributed by atoms with Crippen LogP contribution in [0, 0.1) is 13.8 Å². The lowest BCUT2D eigenvalue weighted by atomic mass is 9.95. The van der Waals surface area contributed by atoms with Gasteiger partial charge in [0.1, 0.15) is 11.4 Å². The Labute approximate surface area is 172 Å². The Morgan fingerprint density at radius 2 is 2.00 bits per heavy atom. The number of hydrogen-bond acceptors (Lipinski definition) is 4. The summed E-state index contributed by atoms with van der Waals surface area (Å²) in [6.07, 6.45) is -3.45. The van der Waals surface area contributed by atoms with Crippen LogP contribution in [-0.4, -0.2) is 26.0 Å². The van der Waals surface area contributed by atoms with Crippen molar-refractivity contribution in [1.29, 1.82) is 0 Å².